The first kappa shape index (κ1) is 28.6. The summed E-state index contributed by atoms with van der Waals surface area (Å²) in [6.45, 7) is 3.31. The van der Waals surface area contributed by atoms with E-state index in [9.17, 15) is 39.0 Å². The van der Waals surface area contributed by atoms with Crippen molar-refractivity contribution in [2.24, 2.45) is 28.6 Å². The highest BCUT2D eigenvalue weighted by atomic mass is 16.7. The number of ether oxygens (including phenoxy) is 1. The number of amides is 2. The number of hydroxylamine groups is 2. The van der Waals surface area contributed by atoms with Crippen LogP contribution in [0.1, 0.15) is 84.5 Å². The van der Waals surface area contributed by atoms with Crippen molar-refractivity contribution < 1.29 is 48.6 Å². The predicted molar refractivity (Wildman–Crippen MR) is 135 cm³/mol. The van der Waals surface area contributed by atoms with Gasteiger partial charge in [0, 0.05) is 24.7 Å². The summed E-state index contributed by atoms with van der Waals surface area (Å²) in [4.78, 5) is 77.4. The number of fused-ring (bicyclic) bond motifs is 5. The number of nitrogens with zero attached hydrogens (tertiary/aromatic N) is 1. The van der Waals surface area contributed by atoms with E-state index in [-0.39, 0.29) is 54.6 Å². The Labute approximate surface area is 232 Å². The number of ketones is 2. The highest BCUT2D eigenvalue weighted by Gasteiger charge is 2.68. The van der Waals surface area contributed by atoms with E-state index in [1.807, 2.05) is 6.92 Å². The van der Waals surface area contributed by atoms with Crippen LogP contribution in [0.2, 0.25) is 0 Å². The minimum absolute atomic E-state index is 0.00710. The van der Waals surface area contributed by atoms with Gasteiger partial charge in [0.05, 0.1) is 18.9 Å². The van der Waals surface area contributed by atoms with Crippen molar-refractivity contribution in [2.75, 3.05) is 6.61 Å². The number of aliphatic hydroxyl groups is 2. The van der Waals surface area contributed by atoms with E-state index in [1.54, 1.807) is 6.08 Å². The van der Waals surface area contributed by atoms with Crippen molar-refractivity contribution in [1.82, 2.24) is 5.06 Å². The van der Waals surface area contributed by atoms with E-state index in [1.165, 1.54) is 0 Å². The van der Waals surface area contributed by atoms with Crippen LogP contribution in [-0.4, -0.2) is 68.9 Å². The predicted octanol–water partition coefficient (Wildman–Crippen LogP) is 1.72. The summed E-state index contributed by atoms with van der Waals surface area (Å²) in [5.74, 6) is -3.55. The number of allylic oxidation sites excluding steroid dienone is 1. The van der Waals surface area contributed by atoms with E-state index in [0.29, 0.717) is 24.3 Å². The third-order valence-corrected chi connectivity index (χ3v) is 10.6. The SMILES string of the molecule is C[C@]12CCC(=O)C=C1CC[C@@H]1[C@H]2[C@H](O)C[C@@]2(C)[C@@H]1CC[C@]2(O)C(=O)COC(=O)CCC(=O)ON1C(=O)CCC1=O. The zero-order chi connectivity index (χ0) is 29.0. The van der Waals surface area contributed by atoms with Crippen LogP contribution in [0.4, 0.5) is 0 Å². The van der Waals surface area contributed by atoms with Crippen molar-refractivity contribution >= 4 is 35.3 Å². The molecule has 0 spiro atoms. The molecule has 4 fully saturated rings. The molecule has 0 unspecified atom stereocenters. The third kappa shape index (κ3) is 4.51. The van der Waals surface area contributed by atoms with Gasteiger partial charge in [-0.15, -0.1) is 5.06 Å². The van der Waals surface area contributed by atoms with E-state index in [4.69, 9.17) is 9.57 Å². The molecule has 0 aromatic rings. The summed E-state index contributed by atoms with van der Waals surface area (Å²) in [6, 6.07) is 0. The van der Waals surface area contributed by atoms with Crippen LogP contribution < -0.4 is 0 Å². The highest BCUT2D eigenvalue weighted by Crippen LogP contribution is 2.67. The molecule has 3 saturated carbocycles. The van der Waals surface area contributed by atoms with Gasteiger partial charge in [0.2, 0.25) is 5.78 Å². The summed E-state index contributed by atoms with van der Waals surface area (Å²) in [7, 11) is 0. The van der Waals surface area contributed by atoms with Crippen molar-refractivity contribution in [3.63, 3.8) is 0 Å². The number of imide groups is 1. The number of carbonyl (C=O) groups is 6. The lowest BCUT2D eigenvalue weighted by atomic mass is 9.45. The van der Waals surface area contributed by atoms with Gasteiger partial charge in [0.1, 0.15) is 5.60 Å². The number of aliphatic hydroxyl groups excluding tert-OH is 1. The summed E-state index contributed by atoms with van der Waals surface area (Å²) in [5.41, 5.74) is -1.86. The Balaban J connectivity index is 1.20. The van der Waals surface area contributed by atoms with Crippen LogP contribution in [-0.2, 0) is 38.3 Å². The summed E-state index contributed by atoms with van der Waals surface area (Å²) >= 11 is 0. The molecular weight excluding hydrogens is 522 g/mol. The first-order chi connectivity index (χ1) is 18.8. The Morgan fingerprint density at radius 3 is 2.35 bits per heavy atom. The summed E-state index contributed by atoms with van der Waals surface area (Å²) in [6.07, 6.45) is 3.74. The molecule has 2 amide bonds. The maximum atomic E-state index is 13.3. The molecule has 5 aliphatic rings. The molecule has 0 aromatic heterocycles. The maximum Gasteiger partial charge on any atom is 0.333 e. The van der Waals surface area contributed by atoms with Gasteiger partial charge in [-0.3, -0.25) is 24.0 Å². The standard InChI is InChI=1S/C29H37NO10/c1-27-11-9-17(31)13-16(27)3-4-18-19-10-12-29(38,28(19,2)14-20(32)26(18)27)21(33)15-39-24(36)7-8-25(37)40-30-22(34)5-6-23(30)35/h13,18-20,26,32,38H,3-12,14-15H2,1-2H3/t18-,19+,20+,26-,27-,28-,29-/m0/s1. The zero-order valence-electron chi connectivity index (χ0n) is 23.0. The number of hydrogen-bond acceptors (Lipinski definition) is 10. The fourth-order valence-corrected chi connectivity index (χ4v) is 8.50. The van der Waals surface area contributed by atoms with Crippen LogP contribution in [0.3, 0.4) is 0 Å². The van der Waals surface area contributed by atoms with Crippen LogP contribution in [0.15, 0.2) is 11.6 Å². The van der Waals surface area contributed by atoms with E-state index in [2.05, 4.69) is 6.92 Å². The van der Waals surface area contributed by atoms with Gasteiger partial charge in [-0.25, -0.2) is 4.79 Å². The molecule has 40 heavy (non-hydrogen) atoms. The molecular formula is C29H37NO10. The summed E-state index contributed by atoms with van der Waals surface area (Å²) < 4.78 is 5.09. The van der Waals surface area contributed by atoms with Crippen molar-refractivity contribution in [3.8, 4) is 0 Å². The quantitative estimate of drug-likeness (QED) is 0.347. The van der Waals surface area contributed by atoms with Gasteiger partial charge in [0.15, 0.2) is 12.4 Å². The van der Waals surface area contributed by atoms with E-state index in [0.717, 1.165) is 18.4 Å². The van der Waals surface area contributed by atoms with Crippen LogP contribution in [0.25, 0.3) is 0 Å². The topological polar surface area (TPSA) is 165 Å². The first-order valence-corrected chi connectivity index (χ1v) is 14.2. The summed E-state index contributed by atoms with van der Waals surface area (Å²) in [5, 5.41) is 23.6. The first-order valence-electron chi connectivity index (χ1n) is 14.2. The molecule has 218 valence electrons. The average molecular weight is 560 g/mol. The number of hydrogen-bond donors (Lipinski definition) is 2. The van der Waals surface area contributed by atoms with Crippen molar-refractivity contribution in [3.05, 3.63) is 11.6 Å². The van der Waals surface area contributed by atoms with Crippen LogP contribution in [0, 0.1) is 28.6 Å². The molecule has 1 heterocycles. The van der Waals surface area contributed by atoms with E-state index < -0.39 is 66.1 Å². The Kier molecular flexibility index (Phi) is 7.27. The number of carbonyl (C=O) groups excluding carboxylic acids is 6. The smallest absolute Gasteiger partial charge is 0.333 e. The second-order valence-electron chi connectivity index (χ2n) is 12.6. The lowest BCUT2D eigenvalue weighted by molar-refractivity contribution is -0.197. The third-order valence-electron chi connectivity index (χ3n) is 10.6. The second-order valence-corrected chi connectivity index (χ2v) is 12.6. The molecule has 0 radical (unpaired) electrons. The number of esters is 1. The zero-order valence-corrected chi connectivity index (χ0v) is 23.0. The van der Waals surface area contributed by atoms with Gasteiger partial charge in [-0.05, 0) is 67.8 Å². The van der Waals surface area contributed by atoms with Gasteiger partial charge < -0.3 is 19.8 Å². The molecule has 1 aliphatic heterocycles. The minimum Gasteiger partial charge on any atom is -0.458 e. The molecule has 2 N–H and O–H groups in total. The maximum absolute atomic E-state index is 13.3. The lowest BCUT2D eigenvalue weighted by Crippen LogP contribution is -2.62. The van der Waals surface area contributed by atoms with Crippen molar-refractivity contribution in [1.29, 1.82) is 0 Å². The van der Waals surface area contributed by atoms with Gasteiger partial charge in [-0.2, -0.15) is 0 Å². The van der Waals surface area contributed by atoms with Crippen molar-refractivity contribution in [2.45, 2.75) is 96.2 Å². The molecule has 5 rings (SSSR count). The molecule has 0 bridgehead atoms. The second kappa shape index (κ2) is 10.2. The minimum atomic E-state index is -1.78. The highest BCUT2D eigenvalue weighted by molar-refractivity contribution is 6.01. The molecule has 1 saturated heterocycles. The van der Waals surface area contributed by atoms with Gasteiger partial charge in [-0.1, -0.05) is 19.4 Å². The Bertz CT molecular complexity index is 1180. The lowest BCUT2D eigenvalue weighted by Gasteiger charge is -2.60. The number of rotatable bonds is 7. The largest absolute Gasteiger partial charge is 0.458 e. The van der Waals surface area contributed by atoms with E-state index >= 15 is 0 Å². The molecule has 11 heteroatoms. The Hall–Kier alpha value is -2.92. The molecule has 4 aliphatic carbocycles. The molecule has 11 nitrogen and oxygen atoms in total. The molecule has 7 atom stereocenters. The molecule has 0 aromatic carbocycles. The fraction of sp³-hybridized carbons (Fsp3) is 0.724. The Morgan fingerprint density at radius 1 is 0.975 bits per heavy atom. The van der Waals surface area contributed by atoms with Crippen LogP contribution >= 0.6 is 0 Å². The van der Waals surface area contributed by atoms with Gasteiger partial charge in [0.25, 0.3) is 11.8 Å². The monoisotopic (exact) mass is 559 g/mol. The normalized spacial score (nSPS) is 38.8. The van der Waals surface area contributed by atoms with Gasteiger partial charge >= 0.3 is 11.9 Å². The van der Waals surface area contributed by atoms with Crippen LogP contribution in [0.5, 0.6) is 0 Å². The fourth-order valence-electron chi connectivity index (χ4n) is 8.50. The average Bonchev–Trinajstić information content (AvgIpc) is 3.36. The number of Topliss-reactive ketones (excluding diaryl/α,β-unsaturated/α-hetero) is 1. The Morgan fingerprint density at radius 2 is 1.65 bits per heavy atom.